The van der Waals surface area contributed by atoms with E-state index in [2.05, 4.69) is 0 Å². The predicted molar refractivity (Wildman–Crippen MR) is 93.5 cm³/mol. The van der Waals surface area contributed by atoms with Gasteiger partial charge in [-0.25, -0.2) is 0 Å². The smallest absolute Gasteiger partial charge is 0.306 e. The zero-order valence-electron chi connectivity index (χ0n) is 14.1. The first-order valence-electron chi connectivity index (χ1n) is 7.99. The van der Waals surface area contributed by atoms with Gasteiger partial charge in [0.05, 0.1) is 5.92 Å². The van der Waals surface area contributed by atoms with E-state index in [1.165, 1.54) is 0 Å². The molecule has 0 spiro atoms. The van der Waals surface area contributed by atoms with Crippen molar-refractivity contribution in [3.05, 3.63) is 71.8 Å². The lowest BCUT2D eigenvalue weighted by molar-refractivity contribution is -0.144. The summed E-state index contributed by atoms with van der Waals surface area (Å²) < 4.78 is 4.94. The average Bonchev–Trinajstić information content (AvgIpc) is 2.62. The fourth-order valence-corrected chi connectivity index (χ4v) is 1.90. The van der Waals surface area contributed by atoms with E-state index in [-0.39, 0.29) is 11.9 Å². The Kier molecular flexibility index (Phi) is 8.90. The molecule has 1 N–H and O–H groups in total. The summed E-state index contributed by atoms with van der Waals surface area (Å²) in [4.78, 5) is 21.3. The van der Waals surface area contributed by atoms with Crippen LogP contribution in [0.5, 0.6) is 0 Å². The Morgan fingerprint density at radius 2 is 1.46 bits per heavy atom. The van der Waals surface area contributed by atoms with Crippen LogP contribution < -0.4 is 0 Å². The van der Waals surface area contributed by atoms with Crippen molar-refractivity contribution in [3.8, 4) is 0 Å². The number of hydrogen-bond donors (Lipinski definition) is 1. The largest absolute Gasteiger partial charge is 0.481 e. The molecular weight excluding hydrogens is 304 g/mol. The summed E-state index contributed by atoms with van der Waals surface area (Å²) >= 11 is 0. The summed E-state index contributed by atoms with van der Waals surface area (Å²) in [6.07, 6.45) is 1.04. The Labute approximate surface area is 143 Å². The summed E-state index contributed by atoms with van der Waals surface area (Å²) in [6, 6.07) is 19.3. The maximum absolute atomic E-state index is 10.8. The molecule has 0 heterocycles. The molecule has 2 aromatic rings. The van der Waals surface area contributed by atoms with Crippen molar-refractivity contribution in [2.24, 2.45) is 5.92 Å². The van der Waals surface area contributed by atoms with Crippen molar-refractivity contribution in [2.45, 2.75) is 33.3 Å². The summed E-state index contributed by atoms with van der Waals surface area (Å²) in [5.41, 5.74) is 2.10. The third-order valence-electron chi connectivity index (χ3n) is 3.34. The average molecular weight is 328 g/mol. The van der Waals surface area contributed by atoms with Gasteiger partial charge in [0.25, 0.3) is 0 Å². The van der Waals surface area contributed by atoms with Crippen molar-refractivity contribution >= 4 is 11.9 Å². The number of carboxylic acids is 1. The van der Waals surface area contributed by atoms with Gasteiger partial charge in [0.2, 0.25) is 0 Å². The van der Waals surface area contributed by atoms with Gasteiger partial charge >= 0.3 is 11.9 Å². The van der Waals surface area contributed by atoms with Crippen LogP contribution >= 0.6 is 0 Å². The summed E-state index contributed by atoms with van der Waals surface area (Å²) in [5, 5.41) is 8.64. The van der Waals surface area contributed by atoms with Crippen LogP contribution in [-0.4, -0.2) is 17.0 Å². The van der Waals surface area contributed by atoms with Crippen molar-refractivity contribution in [1.29, 1.82) is 0 Å². The number of aliphatic carboxylic acids is 1. The molecule has 0 aliphatic rings. The van der Waals surface area contributed by atoms with E-state index in [4.69, 9.17) is 9.84 Å². The zero-order valence-corrected chi connectivity index (χ0v) is 14.1. The maximum atomic E-state index is 10.8. The first kappa shape index (κ1) is 19.4. The van der Waals surface area contributed by atoms with E-state index >= 15 is 0 Å². The van der Waals surface area contributed by atoms with E-state index in [1.807, 2.05) is 60.7 Å². The second-order valence-corrected chi connectivity index (χ2v) is 5.43. The zero-order chi connectivity index (χ0) is 17.8. The first-order chi connectivity index (χ1) is 11.5. The molecule has 2 rings (SSSR count). The van der Waals surface area contributed by atoms with Gasteiger partial charge < -0.3 is 9.84 Å². The van der Waals surface area contributed by atoms with Crippen LogP contribution in [0.3, 0.4) is 0 Å². The van der Waals surface area contributed by atoms with Gasteiger partial charge in [-0.1, -0.05) is 74.5 Å². The summed E-state index contributed by atoms with van der Waals surface area (Å²) in [5.74, 6) is -1.19. The van der Waals surface area contributed by atoms with E-state index < -0.39 is 5.97 Å². The van der Waals surface area contributed by atoms with Crippen LogP contribution in [0, 0.1) is 5.92 Å². The van der Waals surface area contributed by atoms with Crippen LogP contribution in [0.2, 0.25) is 0 Å². The fourth-order valence-electron chi connectivity index (χ4n) is 1.90. The minimum atomic E-state index is -0.737. The highest BCUT2D eigenvalue weighted by Crippen LogP contribution is 2.07. The van der Waals surface area contributed by atoms with Crippen molar-refractivity contribution in [3.63, 3.8) is 0 Å². The lowest BCUT2D eigenvalue weighted by atomic mass is 10.0. The molecular formula is C20H24O4. The van der Waals surface area contributed by atoms with E-state index in [0.717, 1.165) is 11.1 Å². The molecule has 0 aliphatic carbocycles. The van der Waals surface area contributed by atoms with Crippen LogP contribution in [0.15, 0.2) is 60.7 Å². The standard InChI is InChI=1S/2C10H12O2/c1-8(10(11)12)7-9-5-3-2-4-6-9;1-2-10(11)12-8-9-6-4-3-5-7-9/h2-6,8H,7H2,1H3,(H,11,12);3-7H,2,8H2,1H3. The van der Waals surface area contributed by atoms with Gasteiger partial charge in [-0.15, -0.1) is 0 Å². The fraction of sp³-hybridized carbons (Fsp3) is 0.300. The molecule has 24 heavy (non-hydrogen) atoms. The lowest BCUT2D eigenvalue weighted by Crippen LogP contribution is -2.11. The molecule has 0 bridgehead atoms. The molecule has 0 aromatic heterocycles. The quantitative estimate of drug-likeness (QED) is 0.811. The molecule has 0 saturated heterocycles. The van der Waals surface area contributed by atoms with E-state index in [1.54, 1.807) is 13.8 Å². The Morgan fingerprint density at radius 1 is 0.958 bits per heavy atom. The number of carbonyl (C=O) groups excluding carboxylic acids is 1. The highest BCUT2D eigenvalue weighted by molar-refractivity contribution is 5.70. The van der Waals surface area contributed by atoms with Gasteiger partial charge in [-0.05, 0) is 17.5 Å². The van der Waals surface area contributed by atoms with Crippen LogP contribution in [-0.2, 0) is 27.4 Å². The lowest BCUT2D eigenvalue weighted by Gasteiger charge is -2.04. The SMILES string of the molecule is CC(Cc1ccccc1)C(=O)O.CCC(=O)OCc1ccccc1. The van der Waals surface area contributed by atoms with Gasteiger partial charge in [0.1, 0.15) is 6.61 Å². The van der Waals surface area contributed by atoms with Crippen LogP contribution in [0.1, 0.15) is 31.4 Å². The molecule has 128 valence electrons. The number of ether oxygens (including phenoxy) is 1. The van der Waals surface area contributed by atoms with E-state index in [9.17, 15) is 9.59 Å². The monoisotopic (exact) mass is 328 g/mol. The second kappa shape index (κ2) is 11.0. The summed E-state index contributed by atoms with van der Waals surface area (Å²) in [6.45, 7) is 3.89. The number of rotatable bonds is 6. The highest BCUT2D eigenvalue weighted by Gasteiger charge is 2.10. The Hall–Kier alpha value is -2.62. The van der Waals surface area contributed by atoms with Gasteiger partial charge in [0.15, 0.2) is 0 Å². The highest BCUT2D eigenvalue weighted by atomic mass is 16.5. The predicted octanol–water partition coefficient (Wildman–Crippen LogP) is 4.09. The number of carbonyl (C=O) groups is 2. The van der Waals surface area contributed by atoms with Gasteiger partial charge in [-0.3, -0.25) is 9.59 Å². The molecule has 0 aliphatic heterocycles. The third-order valence-corrected chi connectivity index (χ3v) is 3.34. The number of benzene rings is 2. The molecule has 0 saturated carbocycles. The third kappa shape index (κ3) is 8.13. The van der Waals surface area contributed by atoms with E-state index in [0.29, 0.717) is 19.4 Å². The van der Waals surface area contributed by atoms with Gasteiger partial charge in [0, 0.05) is 6.42 Å². The molecule has 4 heteroatoms. The second-order valence-electron chi connectivity index (χ2n) is 5.43. The van der Waals surface area contributed by atoms with Crippen molar-refractivity contribution in [1.82, 2.24) is 0 Å². The Morgan fingerprint density at radius 3 is 1.92 bits per heavy atom. The normalized spacial score (nSPS) is 10.9. The molecule has 1 unspecified atom stereocenters. The minimum absolute atomic E-state index is 0.154. The van der Waals surface area contributed by atoms with Crippen molar-refractivity contribution in [2.75, 3.05) is 0 Å². The topological polar surface area (TPSA) is 63.6 Å². The molecule has 1 atom stereocenters. The minimum Gasteiger partial charge on any atom is -0.481 e. The van der Waals surface area contributed by atoms with Crippen LogP contribution in [0.25, 0.3) is 0 Å². The number of esters is 1. The molecule has 2 aromatic carbocycles. The molecule has 4 nitrogen and oxygen atoms in total. The number of carboxylic acid groups (broad SMARTS) is 1. The molecule has 0 radical (unpaired) electrons. The summed E-state index contributed by atoms with van der Waals surface area (Å²) in [7, 11) is 0. The Balaban J connectivity index is 0.000000240. The molecule has 0 amide bonds. The van der Waals surface area contributed by atoms with Crippen molar-refractivity contribution < 1.29 is 19.4 Å². The van der Waals surface area contributed by atoms with Crippen LogP contribution in [0.4, 0.5) is 0 Å². The maximum Gasteiger partial charge on any atom is 0.306 e. The molecule has 0 fully saturated rings. The Bertz CT molecular complexity index is 606. The first-order valence-corrected chi connectivity index (χ1v) is 7.99. The van der Waals surface area contributed by atoms with Gasteiger partial charge in [-0.2, -0.15) is 0 Å². The number of hydrogen-bond acceptors (Lipinski definition) is 3.